The predicted octanol–water partition coefficient (Wildman–Crippen LogP) is 12.6. The fraction of sp³-hybridized carbons (Fsp3) is 0.0400. The maximum Gasteiger partial charge on any atom is 0.197 e. The maximum atomic E-state index is 3.84. The molecule has 3 heterocycles. The van der Waals surface area contributed by atoms with Crippen molar-refractivity contribution in [2.45, 2.75) is 13.8 Å². The molecule has 3 nitrogen and oxygen atoms in total. The third-order valence-electron chi connectivity index (χ3n) is 11.2. The van der Waals surface area contributed by atoms with Crippen molar-refractivity contribution in [2.75, 3.05) is 10.2 Å². The molecule has 11 rings (SSSR count). The van der Waals surface area contributed by atoms with Gasteiger partial charge in [0.15, 0.2) is 7.28 Å². The molecule has 8 aromatic carbocycles. The molecule has 0 aliphatic carbocycles. The molecule has 0 saturated carbocycles. The number of aryl methyl sites for hydroxylation is 2. The molecule has 55 heavy (non-hydrogen) atoms. The minimum Gasteiger partial charge on any atom is -0.355 e. The molecular formula is C50H35BN3S. The summed E-state index contributed by atoms with van der Waals surface area (Å²) in [7, 11) is 2.45. The van der Waals surface area contributed by atoms with Crippen LogP contribution in [0.15, 0.2) is 170 Å². The highest BCUT2D eigenvalue weighted by atomic mass is 32.1. The summed E-state index contributed by atoms with van der Waals surface area (Å²) in [5.41, 5.74) is 16.5. The van der Waals surface area contributed by atoms with Crippen molar-refractivity contribution < 1.29 is 0 Å². The van der Waals surface area contributed by atoms with E-state index in [1.54, 1.807) is 0 Å². The number of nitrogens with one attached hydrogen (secondary N) is 1. The Morgan fingerprint density at radius 1 is 0.564 bits per heavy atom. The van der Waals surface area contributed by atoms with Crippen LogP contribution in [0.3, 0.4) is 0 Å². The van der Waals surface area contributed by atoms with Crippen molar-refractivity contribution in [3.63, 3.8) is 0 Å². The van der Waals surface area contributed by atoms with Crippen molar-refractivity contribution in [1.82, 2.24) is 4.57 Å². The zero-order valence-corrected chi connectivity index (χ0v) is 31.4. The van der Waals surface area contributed by atoms with Gasteiger partial charge >= 0.3 is 0 Å². The quantitative estimate of drug-likeness (QED) is 0.173. The lowest BCUT2D eigenvalue weighted by molar-refractivity contribution is 1.20. The predicted molar refractivity (Wildman–Crippen MR) is 238 cm³/mol. The van der Waals surface area contributed by atoms with Crippen molar-refractivity contribution >= 4 is 100.0 Å². The largest absolute Gasteiger partial charge is 0.355 e. The minimum atomic E-state index is 1.06. The normalized spacial score (nSPS) is 12.0. The van der Waals surface area contributed by atoms with Crippen LogP contribution in [0.25, 0.3) is 58.8 Å². The Morgan fingerprint density at radius 3 is 2.02 bits per heavy atom. The molecule has 259 valence electrons. The number of aromatic nitrogens is 1. The Balaban J connectivity index is 1.20. The SMILES string of the molecule is Cc1ccc(Nc2ccc(N(c3ccccc3)c3ccccc3)cc2-c2cc(C)c3c4ccccc4n4c3c2[B]c2cc3sc5ccccc5c3cc2-4)cc1. The van der Waals surface area contributed by atoms with E-state index in [0.717, 1.165) is 34.0 Å². The van der Waals surface area contributed by atoms with Crippen LogP contribution in [0.5, 0.6) is 0 Å². The van der Waals surface area contributed by atoms with E-state index >= 15 is 0 Å². The van der Waals surface area contributed by atoms with E-state index in [-0.39, 0.29) is 0 Å². The van der Waals surface area contributed by atoms with E-state index in [1.165, 1.54) is 75.3 Å². The van der Waals surface area contributed by atoms with Gasteiger partial charge in [0, 0.05) is 76.1 Å². The van der Waals surface area contributed by atoms with Crippen molar-refractivity contribution in [3.05, 3.63) is 181 Å². The standard InChI is InChI=1S/C50H35BN3S/c1-31-21-23-33(24-22-31)52-43-26-25-36(53(34-13-5-3-6-14-34)35-15-7-4-8-16-35)28-39(43)41-27-32(2)48-38-18-9-11-19-44(38)54-45-29-40-37-17-10-12-20-46(37)55-47(40)30-42(45)51-49(41)50(48)54/h3-30,52H,1-2H3. The highest BCUT2D eigenvalue weighted by molar-refractivity contribution is 7.26. The van der Waals surface area contributed by atoms with Crippen LogP contribution in [0, 0.1) is 13.8 Å². The van der Waals surface area contributed by atoms with Gasteiger partial charge in [-0.3, -0.25) is 0 Å². The lowest BCUT2D eigenvalue weighted by atomic mass is 9.58. The average Bonchev–Trinajstić information content (AvgIpc) is 3.77. The van der Waals surface area contributed by atoms with E-state index < -0.39 is 0 Å². The molecule has 2 aromatic heterocycles. The summed E-state index contributed by atoms with van der Waals surface area (Å²) in [4.78, 5) is 2.35. The van der Waals surface area contributed by atoms with E-state index in [2.05, 4.69) is 206 Å². The van der Waals surface area contributed by atoms with Crippen molar-refractivity contribution in [3.8, 4) is 16.8 Å². The molecule has 0 bridgehead atoms. The number of para-hydroxylation sites is 3. The fourth-order valence-electron chi connectivity index (χ4n) is 8.64. The average molecular weight is 721 g/mol. The van der Waals surface area contributed by atoms with Crippen LogP contribution in [0.2, 0.25) is 0 Å². The summed E-state index contributed by atoms with van der Waals surface area (Å²) in [6, 6.07) is 61.9. The number of fused-ring (bicyclic) bond motifs is 8. The Morgan fingerprint density at radius 2 is 1.25 bits per heavy atom. The van der Waals surface area contributed by atoms with Gasteiger partial charge in [0.1, 0.15) is 0 Å². The van der Waals surface area contributed by atoms with E-state index in [1.807, 2.05) is 11.3 Å². The number of hydrogen-bond donors (Lipinski definition) is 1. The van der Waals surface area contributed by atoms with E-state index in [0.29, 0.717) is 0 Å². The number of thiophene rings is 1. The Bertz CT molecular complexity index is 3070. The first-order valence-electron chi connectivity index (χ1n) is 18.8. The second kappa shape index (κ2) is 12.5. The first-order chi connectivity index (χ1) is 27.1. The molecule has 0 spiro atoms. The topological polar surface area (TPSA) is 20.2 Å². The highest BCUT2D eigenvalue weighted by Crippen LogP contribution is 2.44. The van der Waals surface area contributed by atoms with Crippen LogP contribution in [-0.4, -0.2) is 11.8 Å². The lowest BCUT2D eigenvalue weighted by Crippen LogP contribution is -2.37. The van der Waals surface area contributed by atoms with Gasteiger partial charge in [0.25, 0.3) is 0 Å². The summed E-state index contributed by atoms with van der Waals surface area (Å²) in [6.45, 7) is 4.41. The first-order valence-corrected chi connectivity index (χ1v) is 19.7. The minimum absolute atomic E-state index is 1.06. The number of benzene rings is 8. The van der Waals surface area contributed by atoms with Crippen LogP contribution < -0.4 is 21.1 Å². The van der Waals surface area contributed by atoms with Gasteiger partial charge in [-0.05, 0) is 109 Å². The molecule has 1 aliphatic heterocycles. The molecule has 10 aromatic rings. The van der Waals surface area contributed by atoms with Crippen LogP contribution in [-0.2, 0) is 0 Å². The molecule has 1 aliphatic rings. The summed E-state index contributed by atoms with van der Waals surface area (Å²) in [6.07, 6.45) is 0. The summed E-state index contributed by atoms with van der Waals surface area (Å²) >= 11 is 1.88. The summed E-state index contributed by atoms with van der Waals surface area (Å²) in [5.74, 6) is 0. The zero-order chi connectivity index (χ0) is 36.6. The molecule has 0 atom stereocenters. The Kier molecular flexibility index (Phi) is 7.26. The molecule has 1 N–H and O–H groups in total. The van der Waals surface area contributed by atoms with Crippen LogP contribution in [0.4, 0.5) is 28.4 Å². The van der Waals surface area contributed by atoms with Gasteiger partial charge in [0.05, 0.1) is 5.52 Å². The van der Waals surface area contributed by atoms with Gasteiger partial charge in [-0.1, -0.05) is 102 Å². The maximum absolute atomic E-state index is 3.84. The smallest absolute Gasteiger partial charge is 0.197 e. The number of anilines is 5. The third-order valence-corrected chi connectivity index (χ3v) is 12.3. The van der Waals surface area contributed by atoms with Gasteiger partial charge in [-0.15, -0.1) is 11.3 Å². The molecule has 5 heteroatoms. The summed E-state index contributed by atoms with van der Waals surface area (Å²) in [5, 5.41) is 9.07. The fourth-order valence-corrected chi connectivity index (χ4v) is 9.78. The molecule has 1 radical (unpaired) electrons. The van der Waals surface area contributed by atoms with Crippen molar-refractivity contribution in [1.29, 1.82) is 0 Å². The lowest BCUT2D eigenvalue weighted by Gasteiger charge is -2.28. The van der Waals surface area contributed by atoms with Crippen molar-refractivity contribution in [2.24, 2.45) is 0 Å². The van der Waals surface area contributed by atoms with Crippen LogP contribution >= 0.6 is 11.3 Å². The van der Waals surface area contributed by atoms with E-state index in [9.17, 15) is 0 Å². The molecule has 0 amide bonds. The third kappa shape index (κ3) is 5.11. The van der Waals surface area contributed by atoms with Gasteiger partial charge in [0.2, 0.25) is 0 Å². The first kappa shape index (κ1) is 31.9. The monoisotopic (exact) mass is 720 g/mol. The second-order valence-electron chi connectivity index (χ2n) is 14.6. The number of rotatable bonds is 6. The van der Waals surface area contributed by atoms with Gasteiger partial charge < -0.3 is 14.8 Å². The molecular weight excluding hydrogens is 685 g/mol. The second-order valence-corrected chi connectivity index (χ2v) is 15.7. The number of nitrogens with zero attached hydrogens (tertiary/aromatic N) is 2. The zero-order valence-electron chi connectivity index (χ0n) is 30.5. The Labute approximate surface area is 325 Å². The molecule has 0 saturated heterocycles. The Hall–Kier alpha value is -6.56. The molecule has 0 fully saturated rings. The summed E-state index contributed by atoms with van der Waals surface area (Å²) < 4.78 is 5.17. The number of hydrogen-bond acceptors (Lipinski definition) is 3. The van der Waals surface area contributed by atoms with E-state index in [4.69, 9.17) is 0 Å². The van der Waals surface area contributed by atoms with Gasteiger partial charge in [-0.25, -0.2) is 0 Å². The highest BCUT2D eigenvalue weighted by Gasteiger charge is 2.29. The van der Waals surface area contributed by atoms with Crippen LogP contribution in [0.1, 0.15) is 11.1 Å². The molecule has 0 unspecified atom stereocenters. The van der Waals surface area contributed by atoms with Gasteiger partial charge in [-0.2, -0.15) is 0 Å².